The average molecular weight is 478 g/mol. The number of carbonyl (C=O) groups excluding carboxylic acids is 3. The first-order valence-electron chi connectivity index (χ1n) is 10.9. The largest absolute Gasteiger partial charge is 0.461 e. The summed E-state index contributed by atoms with van der Waals surface area (Å²) in [6.07, 6.45) is -0.311. The number of nitrogens with zero attached hydrogens (tertiary/aromatic N) is 2. The Labute approximate surface area is 199 Å². The predicted octanol–water partition coefficient (Wildman–Crippen LogP) is 3.86. The summed E-state index contributed by atoms with van der Waals surface area (Å²) in [7, 11) is 0. The number of esters is 1. The average Bonchev–Trinajstić information content (AvgIpc) is 3.04. The minimum atomic E-state index is -0.826. The minimum Gasteiger partial charge on any atom is -0.461 e. The molecule has 0 saturated heterocycles. The van der Waals surface area contributed by atoms with Crippen LogP contribution in [0.4, 0.5) is 5.69 Å². The van der Waals surface area contributed by atoms with E-state index in [0.717, 1.165) is 22.1 Å². The molecule has 3 aromatic rings. The second-order valence-electron chi connectivity index (χ2n) is 8.58. The lowest BCUT2D eigenvalue weighted by Gasteiger charge is -2.14. The number of hydrogen-bond acceptors (Lipinski definition) is 8. The van der Waals surface area contributed by atoms with Gasteiger partial charge in [0, 0.05) is 29.6 Å². The maximum atomic E-state index is 12.6. The molecule has 0 bridgehead atoms. The second kappa shape index (κ2) is 9.13. The molecule has 2 heterocycles. The van der Waals surface area contributed by atoms with Gasteiger partial charge in [0.15, 0.2) is 0 Å². The minimum absolute atomic E-state index is 0.0729. The number of rotatable bonds is 7. The lowest BCUT2D eigenvalue weighted by Crippen LogP contribution is -2.32. The summed E-state index contributed by atoms with van der Waals surface area (Å²) >= 11 is 0. The van der Waals surface area contributed by atoms with Crippen molar-refractivity contribution in [3.05, 3.63) is 84.7 Å². The zero-order valence-electron chi connectivity index (χ0n) is 19.3. The standard InChI is InChI=1S/C25H22N2O8/c1-13(2)17-11-18-15(10-22(29)35-20(18)9-14(17)3)12-34-21(28)7-8-26-24(30)16-5-4-6-19(27(32)33)23(16)25(26)31/h4-6,9-11,13H,7-8,12H2,1-3H3. The van der Waals surface area contributed by atoms with Crippen molar-refractivity contribution < 1.29 is 28.5 Å². The summed E-state index contributed by atoms with van der Waals surface area (Å²) in [6, 6.07) is 8.76. The van der Waals surface area contributed by atoms with Crippen molar-refractivity contribution in [1.82, 2.24) is 4.90 Å². The predicted molar refractivity (Wildman–Crippen MR) is 124 cm³/mol. The number of aryl methyl sites for hydroxylation is 1. The van der Waals surface area contributed by atoms with Gasteiger partial charge >= 0.3 is 11.6 Å². The highest BCUT2D eigenvalue weighted by atomic mass is 16.6. The van der Waals surface area contributed by atoms with Gasteiger partial charge in [-0.1, -0.05) is 19.9 Å². The highest BCUT2D eigenvalue weighted by Crippen LogP contribution is 2.31. The molecule has 1 aliphatic heterocycles. The first kappa shape index (κ1) is 23.8. The Kier molecular flexibility index (Phi) is 6.21. The van der Waals surface area contributed by atoms with Crippen molar-refractivity contribution in [2.75, 3.05) is 6.54 Å². The normalized spacial score (nSPS) is 13.0. The number of fused-ring (bicyclic) bond motifs is 2. The van der Waals surface area contributed by atoms with E-state index in [0.29, 0.717) is 16.5 Å². The van der Waals surface area contributed by atoms with E-state index in [2.05, 4.69) is 0 Å². The highest BCUT2D eigenvalue weighted by molar-refractivity contribution is 6.23. The Hall–Kier alpha value is -4.34. The Bertz CT molecular complexity index is 1450. The van der Waals surface area contributed by atoms with Crippen LogP contribution in [-0.2, 0) is 16.1 Å². The Morgan fingerprint density at radius 2 is 1.89 bits per heavy atom. The number of amides is 2. The second-order valence-corrected chi connectivity index (χ2v) is 8.58. The maximum absolute atomic E-state index is 12.6. The molecular formula is C25H22N2O8. The number of nitro groups is 1. The first-order valence-corrected chi connectivity index (χ1v) is 10.9. The maximum Gasteiger partial charge on any atom is 0.336 e. The van der Waals surface area contributed by atoms with E-state index in [1.54, 1.807) is 6.07 Å². The van der Waals surface area contributed by atoms with E-state index in [9.17, 15) is 29.3 Å². The zero-order valence-corrected chi connectivity index (χ0v) is 19.3. The van der Waals surface area contributed by atoms with Gasteiger partial charge in [-0.15, -0.1) is 0 Å². The van der Waals surface area contributed by atoms with Gasteiger partial charge in [0.25, 0.3) is 17.5 Å². The number of benzene rings is 2. The van der Waals surface area contributed by atoms with E-state index in [1.165, 1.54) is 18.2 Å². The number of carbonyl (C=O) groups is 3. The molecule has 0 N–H and O–H groups in total. The molecule has 0 radical (unpaired) electrons. The first-order chi connectivity index (χ1) is 16.6. The molecule has 4 rings (SSSR count). The molecule has 35 heavy (non-hydrogen) atoms. The van der Waals surface area contributed by atoms with Crippen LogP contribution in [0.5, 0.6) is 0 Å². The molecule has 10 heteroatoms. The summed E-state index contributed by atoms with van der Waals surface area (Å²) < 4.78 is 10.6. The Balaban J connectivity index is 1.47. The fraction of sp³-hybridized carbons (Fsp3) is 0.280. The monoisotopic (exact) mass is 478 g/mol. The van der Waals surface area contributed by atoms with E-state index >= 15 is 0 Å². The van der Waals surface area contributed by atoms with Crippen LogP contribution in [0.25, 0.3) is 11.0 Å². The van der Waals surface area contributed by atoms with Gasteiger partial charge in [-0.2, -0.15) is 0 Å². The molecule has 0 saturated carbocycles. The molecule has 0 spiro atoms. The van der Waals surface area contributed by atoms with Crippen LogP contribution >= 0.6 is 0 Å². The lowest BCUT2D eigenvalue weighted by molar-refractivity contribution is -0.385. The SMILES string of the molecule is Cc1cc2oc(=O)cc(COC(=O)CCN3C(=O)c4cccc([N+](=O)[O-])c4C3=O)c2cc1C(C)C. The van der Waals surface area contributed by atoms with Gasteiger partial charge in [0.1, 0.15) is 17.8 Å². The summed E-state index contributed by atoms with van der Waals surface area (Å²) in [4.78, 5) is 60.9. The van der Waals surface area contributed by atoms with E-state index in [4.69, 9.17) is 9.15 Å². The van der Waals surface area contributed by atoms with Gasteiger partial charge in [-0.3, -0.25) is 29.4 Å². The third-order valence-corrected chi connectivity index (χ3v) is 5.94. The Morgan fingerprint density at radius 3 is 2.57 bits per heavy atom. The van der Waals surface area contributed by atoms with Crippen molar-refractivity contribution in [2.24, 2.45) is 0 Å². The van der Waals surface area contributed by atoms with Crippen LogP contribution < -0.4 is 5.63 Å². The van der Waals surface area contributed by atoms with Gasteiger partial charge in [-0.05, 0) is 42.2 Å². The number of imide groups is 1. The number of hydrogen-bond donors (Lipinski definition) is 0. The number of nitro benzene ring substituents is 1. The molecule has 0 atom stereocenters. The third-order valence-electron chi connectivity index (χ3n) is 5.94. The fourth-order valence-corrected chi connectivity index (χ4v) is 4.24. The quantitative estimate of drug-likeness (QED) is 0.164. The van der Waals surface area contributed by atoms with Gasteiger partial charge in [0.2, 0.25) is 0 Å². The van der Waals surface area contributed by atoms with Crippen LogP contribution in [0, 0.1) is 17.0 Å². The summed E-state index contributed by atoms with van der Waals surface area (Å²) in [5.41, 5.74) is 1.51. The summed E-state index contributed by atoms with van der Waals surface area (Å²) in [5.74, 6) is -2.00. The van der Waals surface area contributed by atoms with Crippen LogP contribution in [0.3, 0.4) is 0 Å². The molecule has 2 aromatic carbocycles. The third kappa shape index (κ3) is 4.42. The van der Waals surface area contributed by atoms with Crippen molar-refractivity contribution in [2.45, 2.75) is 39.7 Å². The molecule has 2 amide bonds. The topological polar surface area (TPSA) is 137 Å². The molecule has 180 valence electrons. The van der Waals surface area contributed by atoms with E-state index in [1.807, 2.05) is 26.8 Å². The van der Waals surface area contributed by atoms with Gasteiger partial charge < -0.3 is 9.15 Å². The van der Waals surface area contributed by atoms with Crippen molar-refractivity contribution in [3.63, 3.8) is 0 Å². The molecular weight excluding hydrogens is 456 g/mol. The molecule has 1 aliphatic rings. The van der Waals surface area contributed by atoms with Crippen LogP contribution in [-0.4, -0.2) is 34.2 Å². The van der Waals surface area contributed by atoms with Crippen molar-refractivity contribution >= 4 is 34.4 Å². The zero-order chi connectivity index (χ0) is 25.4. The number of ether oxygens (including phenoxy) is 1. The molecule has 0 fully saturated rings. The van der Waals surface area contributed by atoms with Crippen molar-refractivity contribution in [1.29, 1.82) is 0 Å². The lowest BCUT2D eigenvalue weighted by atomic mass is 9.95. The summed E-state index contributed by atoms with van der Waals surface area (Å²) in [6.45, 7) is 5.52. The van der Waals surface area contributed by atoms with Gasteiger partial charge in [0.05, 0.1) is 16.9 Å². The highest BCUT2D eigenvalue weighted by Gasteiger charge is 2.40. The van der Waals surface area contributed by atoms with Crippen LogP contribution in [0.15, 0.2) is 45.6 Å². The van der Waals surface area contributed by atoms with Crippen LogP contribution in [0.2, 0.25) is 0 Å². The van der Waals surface area contributed by atoms with Crippen molar-refractivity contribution in [3.8, 4) is 0 Å². The summed E-state index contributed by atoms with van der Waals surface area (Å²) in [5, 5.41) is 11.9. The molecule has 0 aliphatic carbocycles. The van der Waals surface area contributed by atoms with Gasteiger partial charge in [-0.25, -0.2) is 4.79 Å². The molecule has 0 unspecified atom stereocenters. The van der Waals surface area contributed by atoms with E-state index in [-0.39, 0.29) is 36.6 Å². The Morgan fingerprint density at radius 1 is 1.14 bits per heavy atom. The molecule has 10 nitrogen and oxygen atoms in total. The fourth-order valence-electron chi connectivity index (χ4n) is 4.24. The van der Waals surface area contributed by atoms with E-state index < -0.39 is 34.0 Å². The van der Waals surface area contributed by atoms with Crippen LogP contribution in [0.1, 0.15) is 63.6 Å². The molecule has 1 aromatic heterocycles. The smallest absolute Gasteiger partial charge is 0.336 e.